The fourth-order valence-corrected chi connectivity index (χ4v) is 4.50. The molecule has 0 fully saturated rings. The van der Waals surface area contributed by atoms with Crippen LogP contribution in [0.15, 0.2) is 72.8 Å². The van der Waals surface area contributed by atoms with Crippen LogP contribution in [0.2, 0.25) is 0 Å². The van der Waals surface area contributed by atoms with Crippen LogP contribution >= 0.6 is 0 Å². The van der Waals surface area contributed by atoms with E-state index < -0.39 is 29.7 Å². The molecule has 7 heteroatoms. The Bertz CT molecular complexity index is 1250. The normalized spacial score (nSPS) is 13.3. The second-order valence-electron chi connectivity index (χ2n) is 10.1. The molecule has 1 unspecified atom stereocenters. The van der Waals surface area contributed by atoms with Crippen LogP contribution in [0.4, 0.5) is 4.79 Å². The predicted octanol–water partition coefficient (Wildman–Crippen LogP) is 5.57. The van der Waals surface area contributed by atoms with Crippen LogP contribution in [0.25, 0.3) is 11.1 Å². The number of hydrogen-bond acceptors (Lipinski definition) is 5. The van der Waals surface area contributed by atoms with Crippen LogP contribution in [0.5, 0.6) is 0 Å². The summed E-state index contributed by atoms with van der Waals surface area (Å²) in [6.07, 6.45) is -0.199. The first-order valence-corrected chi connectivity index (χ1v) is 12.3. The quantitative estimate of drug-likeness (QED) is 0.392. The molecular formula is C30H31NO6. The third kappa shape index (κ3) is 6.36. The molecule has 3 aromatic rings. The minimum absolute atomic E-state index is 0.107. The lowest BCUT2D eigenvalue weighted by Crippen LogP contribution is -2.41. The van der Waals surface area contributed by atoms with E-state index in [1.807, 2.05) is 36.4 Å². The number of nitrogens with one attached hydrogen (secondary N) is 1. The van der Waals surface area contributed by atoms with Crippen molar-refractivity contribution >= 4 is 18.0 Å². The van der Waals surface area contributed by atoms with Crippen molar-refractivity contribution in [2.75, 3.05) is 6.61 Å². The number of rotatable bonds is 8. The highest BCUT2D eigenvalue weighted by Crippen LogP contribution is 2.44. The molecule has 0 radical (unpaired) electrons. The van der Waals surface area contributed by atoms with Crippen LogP contribution in [-0.2, 0) is 20.7 Å². The summed E-state index contributed by atoms with van der Waals surface area (Å²) in [6, 6.07) is 21.7. The first-order valence-electron chi connectivity index (χ1n) is 12.3. The topological polar surface area (TPSA) is 102 Å². The Morgan fingerprint density at radius 1 is 0.892 bits per heavy atom. The molecule has 2 N–H and O–H groups in total. The van der Waals surface area contributed by atoms with Gasteiger partial charge in [-0.25, -0.2) is 14.4 Å². The second-order valence-corrected chi connectivity index (χ2v) is 10.1. The van der Waals surface area contributed by atoms with Gasteiger partial charge in [0.15, 0.2) is 0 Å². The molecule has 0 bridgehead atoms. The molecule has 0 saturated carbocycles. The van der Waals surface area contributed by atoms with Crippen molar-refractivity contribution in [3.8, 4) is 11.1 Å². The van der Waals surface area contributed by atoms with Gasteiger partial charge in [-0.05, 0) is 73.6 Å². The van der Waals surface area contributed by atoms with Crippen LogP contribution in [0.1, 0.15) is 60.2 Å². The van der Waals surface area contributed by atoms with Gasteiger partial charge < -0.3 is 19.9 Å². The number of hydrogen-bond donors (Lipinski definition) is 2. The summed E-state index contributed by atoms with van der Waals surface area (Å²) in [4.78, 5) is 36.5. The van der Waals surface area contributed by atoms with Gasteiger partial charge in [0.1, 0.15) is 18.2 Å². The van der Waals surface area contributed by atoms with Crippen molar-refractivity contribution in [2.24, 2.45) is 0 Å². The average molecular weight is 502 g/mol. The van der Waals surface area contributed by atoms with E-state index in [0.29, 0.717) is 12.0 Å². The second kappa shape index (κ2) is 10.9. The molecule has 37 heavy (non-hydrogen) atoms. The van der Waals surface area contributed by atoms with E-state index in [1.54, 1.807) is 45.0 Å². The van der Waals surface area contributed by atoms with Gasteiger partial charge in [-0.15, -0.1) is 0 Å². The van der Waals surface area contributed by atoms with Gasteiger partial charge in [-0.2, -0.15) is 0 Å². The van der Waals surface area contributed by atoms with E-state index in [4.69, 9.17) is 9.47 Å². The zero-order valence-electron chi connectivity index (χ0n) is 21.2. The van der Waals surface area contributed by atoms with Crippen molar-refractivity contribution in [3.05, 3.63) is 95.1 Å². The van der Waals surface area contributed by atoms with Gasteiger partial charge in [-0.1, -0.05) is 60.7 Å². The summed E-state index contributed by atoms with van der Waals surface area (Å²) in [5.74, 6) is -1.66. The van der Waals surface area contributed by atoms with Crippen molar-refractivity contribution < 1.29 is 29.0 Å². The molecule has 0 aliphatic heterocycles. The number of carbonyl (C=O) groups excluding carboxylic acids is 2. The van der Waals surface area contributed by atoms with Crippen LogP contribution < -0.4 is 5.32 Å². The first-order chi connectivity index (χ1) is 17.6. The highest BCUT2D eigenvalue weighted by Gasteiger charge is 2.29. The van der Waals surface area contributed by atoms with Crippen LogP contribution in [-0.4, -0.2) is 41.4 Å². The molecule has 1 aliphatic rings. The number of alkyl carbamates (subject to hydrolysis) is 1. The van der Waals surface area contributed by atoms with Crippen molar-refractivity contribution in [1.29, 1.82) is 0 Å². The van der Waals surface area contributed by atoms with E-state index in [-0.39, 0.29) is 18.9 Å². The Kier molecular flexibility index (Phi) is 7.62. The molecule has 0 aromatic heterocycles. The number of esters is 1. The number of carboxylic acids is 1. The maximum atomic E-state index is 12.5. The van der Waals surface area contributed by atoms with Gasteiger partial charge in [0.2, 0.25) is 0 Å². The fraction of sp³-hybridized carbons (Fsp3) is 0.300. The third-order valence-electron chi connectivity index (χ3n) is 6.24. The number of benzene rings is 3. The maximum absolute atomic E-state index is 12.5. The summed E-state index contributed by atoms with van der Waals surface area (Å²) in [6.45, 7) is 5.51. The highest BCUT2D eigenvalue weighted by atomic mass is 16.6. The minimum atomic E-state index is -1.14. The SMILES string of the molecule is CC(C)(C)OC(=O)c1ccc(CCC(NC(=O)OCC2c3ccccc3-c3ccccc32)C(=O)O)cc1. The Labute approximate surface area is 216 Å². The molecular weight excluding hydrogens is 470 g/mol. The Morgan fingerprint density at radius 3 is 2.00 bits per heavy atom. The number of ether oxygens (including phenoxy) is 2. The van der Waals surface area contributed by atoms with Crippen LogP contribution in [0.3, 0.4) is 0 Å². The molecule has 1 aliphatic carbocycles. The average Bonchev–Trinajstić information content (AvgIpc) is 3.18. The molecule has 4 rings (SSSR count). The summed E-state index contributed by atoms with van der Waals surface area (Å²) < 4.78 is 10.8. The number of amides is 1. The van der Waals surface area contributed by atoms with Crippen molar-refractivity contribution in [3.63, 3.8) is 0 Å². The summed E-state index contributed by atoms with van der Waals surface area (Å²) in [5.41, 5.74) is 5.08. The van der Waals surface area contributed by atoms with Gasteiger partial charge in [0.25, 0.3) is 0 Å². The van der Waals surface area contributed by atoms with Gasteiger partial charge in [0.05, 0.1) is 5.56 Å². The minimum Gasteiger partial charge on any atom is -0.480 e. The van der Waals surface area contributed by atoms with E-state index in [0.717, 1.165) is 27.8 Å². The molecule has 0 spiro atoms. The number of carboxylic acid groups (broad SMARTS) is 1. The summed E-state index contributed by atoms with van der Waals surface area (Å²) >= 11 is 0. The van der Waals surface area contributed by atoms with Crippen LogP contribution in [0, 0.1) is 0 Å². The third-order valence-corrected chi connectivity index (χ3v) is 6.24. The van der Waals surface area contributed by atoms with Gasteiger partial charge >= 0.3 is 18.0 Å². The fourth-order valence-electron chi connectivity index (χ4n) is 4.50. The molecule has 1 atom stereocenters. The lowest BCUT2D eigenvalue weighted by atomic mass is 9.98. The predicted molar refractivity (Wildman–Crippen MR) is 140 cm³/mol. The molecule has 1 amide bonds. The Hall–Kier alpha value is -4.13. The smallest absolute Gasteiger partial charge is 0.407 e. The summed E-state index contributed by atoms with van der Waals surface area (Å²) in [7, 11) is 0. The standard InChI is InChI=1S/C30H31NO6/c1-30(2,3)37-28(34)20-15-12-19(13-16-20)14-17-26(27(32)33)31-29(35)36-18-25-23-10-6-4-8-21(23)22-9-5-7-11-24(22)25/h4-13,15-16,25-26H,14,17-18H2,1-3H3,(H,31,35)(H,32,33). The molecule has 7 nitrogen and oxygen atoms in total. The summed E-state index contributed by atoms with van der Waals surface area (Å²) in [5, 5.41) is 12.1. The lowest BCUT2D eigenvalue weighted by molar-refractivity contribution is -0.139. The van der Waals surface area contributed by atoms with Crippen molar-refractivity contribution in [2.45, 2.75) is 51.2 Å². The zero-order chi connectivity index (χ0) is 26.6. The molecule has 192 valence electrons. The zero-order valence-corrected chi connectivity index (χ0v) is 21.2. The maximum Gasteiger partial charge on any atom is 0.407 e. The number of carbonyl (C=O) groups is 3. The van der Waals surface area contributed by atoms with E-state index in [9.17, 15) is 19.5 Å². The Morgan fingerprint density at radius 2 is 1.46 bits per heavy atom. The lowest BCUT2D eigenvalue weighted by Gasteiger charge is -2.19. The first kappa shape index (κ1) is 25.9. The molecule has 3 aromatic carbocycles. The van der Waals surface area contributed by atoms with E-state index in [2.05, 4.69) is 17.4 Å². The Balaban J connectivity index is 1.32. The number of aryl methyl sites for hydroxylation is 1. The van der Waals surface area contributed by atoms with Gasteiger partial charge in [0, 0.05) is 5.92 Å². The van der Waals surface area contributed by atoms with Crippen molar-refractivity contribution in [1.82, 2.24) is 5.32 Å². The molecule has 0 heterocycles. The monoisotopic (exact) mass is 501 g/mol. The molecule has 0 saturated heterocycles. The number of fused-ring (bicyclic) bond motifs is 3. The van der Waals surface area contributed by atoms with Gasteiger partial charge in [-0.3, -0.25) is 0 Å². The highest BCUT2D eigenvalue weighted by molar-refractivity contribution is 5.89. The number of aliphatic carboxylic acids is 1. The largest absolute Gasteiger partial charge is 0.480 e. The van der Waals surface area contributed by atoms with E-state index in [1.165, 1.54) is 0 Å². The van der Waals surface area contributed by atoms with E-state index >= 15 is 0 Å².